The number of hydrogen-bond donors (Lipinski definition) is 0. The Labute approximate surface area is 140 Å². The van der Waals surface area contributed by atoms with E-state index in [4.69, 9.17) is 9.40 Å². The first-order valence-electron chi connectivity index (χ1n) is 7.45. The van der Waals surface area contributed by atoms with Gasteiger partial charge in [0.1, 0.15) is 17.0 Å². The van der Waals surface area contributed by atoms with E-state index in [9.17, 15) is 4.79 Å². The first-order valence-corrected chi connectivity index (χ1v) is 8.33. The Bertz CT molecular complexity index is 1230. The Morgan fingerprint density at radius 3 is 2.83 bits per heavy atom. The largest absolute Gasteiger partial charge is 0.463 e. The van der Waals surface area contributed by atoms with E-state index in [0.29, 0.717) is 27.4 Å². The summed E-state index contributed by atoms with van der Waals surface area (Å²) in [7, 11) is 0. The molecule has 0 fully saturated rings. The van der Waals surface area contributed by atoms with Crippen LogP contribution in [0.3, 0.4) is 0 Å². The van der Waals surface area contributed by atoms with Crippen molar-refractivity contribution in [3.63, 3.8) is 0 Å². The molecule has 0 saturated heterocycles. The van der Waals surface area contributed by atoms with Gasteiger partial charge in [0.15, 0.2) is 0 Å². The number of pyridine rings is 1. The van der Waals surface area contributed by atoms with Crippen molar-refractivity contribution in [3.05, 3.63) is 70.5 Å². The Kier molecular flexibility index (Phi) is 2.78. The molecular weight excluding hydrogens is 320 g/mol. The maximum Gasteiger partial charge on any atom is 0.202 e. The molecular formula is C19H10N2O2S. The zero-order valence-corrected chi connectivity index (χ0v) is 13.2. The highest BCUT2D eigenvalue weighted by atomic mass is 32.1. The summed E-state index contributed by atoms with van der Waals surface area (Å²) in [6, 6.07) is 13.4. The molecule has 0 saturated carbocycles. The third-order valence-corrected chi connectivity index (χ3v) is 4.89. The molecule has 0 spiro atoms. The summed E-state index contributed by atoms with van der Waals surface area (Å²) in [5.41, 5.74) is 2.51. The first-order chi connectivity index (χ1) is 11.8. The number of para-hydroxylation sites is 1. The normalized spacial score (nSPS) is 11.5. The number of thiazole rings is 1. The molecule has 3 aromatic rings. The topological polar surface area (TPSA) is 56.0 Å². The fourth-order valence-corrected chi connectivity index (χ4v) is 3.62. The van der Waals surface area contributed by atoms with Gasteiger partial charge in [-0.15, -0.1) is 11.3 Å². The highest BCUT2D eigenvalue weighted by Gasteiger charge is 2.19. The van der Waals surface area contributed by atoms with Gasteiger partial charge < -0.3 is 4.42 Å². The van der Waals surface area contributed by atoms with Gasteiger partial charge in [-0.05, 0) is 24.3 Å². The van der Waals surface area contributed by atoms with Crippen LogP contribution in [0.2, 0.25) is 0 Å². The second-order valence-electron chi connectivity index (χ2n) is 5.51. The number of hydrogen-bond acceptors (Lipinski definition) is 5. The molecule has 1 aliphatic heterocycles. The highest BCUT2D eigenvalue weighted by molar-refractivity contribution is 7.13. The SMILES string of the molecule is O=c1c(-c2nccs2)ccc2occ3cc4ccccc4nc3c1-2. The van der Waals surface area contributed by atoms with Crippen LogP contribution < -0.4 is 5.43 Å². The van der Waals surface area contributed by atoms with E-state index in [1.54, 1.807) is 18.5 Å². The number of benzene rings is 2. The van der Waals surface area contributed by atoms with Gasteiger partial charge in [-0.2, -0.15) is 0 Å². The van der Waals surface area contributed by atoms with E-state index >= 15 is 0 Å². The molecule has 24 heavy (non-hydrogen) atoms. The average Bonchev–Trinajstić information content (AvgIpc) is 3.14. The average molecular weight is 330 g/mol. The van der Waals surface area contributed by atoms with Crippen LogP contribution in [0.4, 0.5) is 0 Å². The minimum Gasteiger partial charge on any atom is -0.463 e. The van der Waals surface area contributed by atoms with Gasteiger partial charge in [0, 0.05) is 22.3 Å². The van der Waals surface area contributed by atoms with E-state index in [1.807, 2.05) is 41.8 Å². The van der Waals surface area contributed by atoms with Gasteiger partial charge in [-0.3, -0.25) is 4.79 Å². The van der Waals surface area contributed by atoms with Gasteiger partial charge >= 0.3 is 0 Å². The van der Waals surface area contributed by atoms with Crippen LogP contribution in [0.25, 0.3) is 43.7 Å². The van der Waals surface area contributed by atoms with Crippen LogP contribution in [0.5, 0.6) is 0 Å². The summed E-state index contributed by atoms with van der Waals surface area (Å²) in [5, 5.41) is 4.40. The molecule has 5 rings (SSSR count). The van der Waals surface area contributed by atoms with Crippen molar-refractivity contribution in [1.29, 1.82) is 0 Å². The lowest BCUT2D eigenvalue weighted by Gasteiger charge is -2.09. The monoisotopic (exact) mass is 330 g/mol. The predicted molar refractivity (Wildman–Crippen MR) is 95.5 cm³/mol. The molecule has 0 bridgehead atoms. The standard InChI is InChI=1S/C19H10N2O2S/c22-18-13(19-20-7-8-24-19)5-6-15-16(18)17-12(10-23-15)9-11-3-1-2-4-14(11)21-17/h1-10H. The molecule has 1 aromatic carbocycles. The van der Waals surface area contributed by atoms with E-state index in [-0.39, 0.29) is 5.43 Å². The molecule has 3 heterocycles. The van der Waals surface area contributed by atoms with Crippen LogP contribution in [0.1, 0.15) is 0 Å². The van der Waals surface area contributed by atoms with Crippen LogP contribution in [-0.2, 0) is 0 Å². The summed E-state index contributed by atoms with van der Waals surface area (Å²) in [5.74, 6) is 0.538. The Morgan fingerprint density at radius 1 is 1.04 bits per heavy atom. The maximum atomic E-state index is 13.0. The lowest BCUT2D eigenvalue weighted by molar-refractivity contribution is 0.572. The lowest BCUT2D eigenvalue weighted by atomic mass is 10.0. The molecule has 1 aliphatic carbocycles. The molecule has 0 radical (unpaired) electrons. The number of fused-ring (bicyclic) bond motifs is 4. The second kappa shape index (κ2) is 4.97. The highest BCUT2D eigenvalue weighted by Crippen LogP contribution is 2.31. The summed E-state index contributed by atoms with van der Waals surface area (Å²) < 4.78 is 5.67. The van der Waals surface area contributed by atoms with E-state index in [0.717, 1.165) is 16.3 Å². The van der Waals surface area contributed by atoms with Crippen molar-refractivity contribution in [1.82, 2.24) is 9.97 Å². The smallest absolute Gasteiger partial charge is 0.202 e. The predicted octanol–water partition coefficient (Wildman–Crippen LogP) is 4.57. The van der Waals surface area contributed by atoms with Crippen molar-refractivity contribution in [3.8, 4) is 21.9 Å². The lowest BCUT2D eigenvalue weighted by Crippen LogP contribution is -2.09. The summed E-state index contributed by atoms with van der Waals surface area (Å²) in [4.78, 5) is 22.0. The first kappa shape index (κ1) is 13.4. The van der Waals surface area contributed by atoms with Crippen molar-refractivity contribution in [2.24, 2.45) is 0 Å². The van der Waals surface area contributed by atoms with Crippen LogP contribution in [0, 0.1) is 0 Å². The molecule has 114 valence electrons. The van der Waals surface area contributed by atoms with E-state index < -0.39 is 0 Å². The number of nitrogens with zero attached hydrogens (tertiary/aromatic N) is 2. The third-order valence-electron chi connectivity index (χ3n) is 4.09. The molecule has 0 atom stereocenters. The Morgan fingerprint density at radius 2 is 1.96 bits per heavy atom. The summed E-state index contributed by atoms with van der Waals surface area (Å²) in [6.07, 6.45) is 3.35. The summed E-state index contributed by atoms with van der Waals surface area (Å²) in [6.45, 7) is 0. The fourth-order valence-electron chi connectivity index (χ4n) is 2.96. The van der Waals surface area contributed by atoms with Gasteiger partial charge in [0.2, 0.25) is 5.43 Å². The number of aromatic nitrogens is 2. The van der Waals surface area contributed by atoms with Gasteiger partial charge in [-0.25, -0.2) is 9.97 Å². The third kappa shape index (κ3) is 1.88. The van der Waals surface area contributed by atoms with Crippen molar-refractivity contribution in [2.75, 3.05) is 0 Å². The summed E-state index contributed by atoms with van der Waals surface area (Å²) >= 11 is 1.44. The minimum absolute atomic E-state index is 0.0976. The van der Waals surface area contributed by atoms with Gasteiger partial charge in [0.25, 0.3) is 0 Å². The van der Waals surface area contributed by atoms with Gasteiger partial charge in [-0.1, -0.05) is 18.2 Å². The van der Waals surface area contributed by atoms with E-state index in [2.05, 4.69) is 4.98 Å². The maximum absolute atomic E-state index is 13.0. The molecule has 0 amide bonds. The van der Waals surface area contributed by atoms with Crippen LogP contribution >= 0.6 is 11.3 Å². The fraction of sp³-hybridized carbons (Fsp3) is 0. The molecule has 2 aromatic heterocycles. The zero-order valence-electron chi connectivity index (χ0n) is 12.4. The molecule has 4 nitrogen and oxygen atoms in total. The van der Waals surface area contributed by atoms with Crippen molar-refractivity contribution < 1.29 is 4.42 Å². The van der Waals surface area contributed by atoms with Crippen molar-refractivity contribution in [2.45, 2.75) is 0 Å². The number of rotatable bonds is 1. The molecule has 0 N–H and O–H groups in total. The van der Waals surface area contributed by atoms with Crippen LogP contribution in [-0.4, -0.2) is 9.97 Å². The zero-order chi connectivity index (χ0) is 16.1. The Balaban J connectivity index is 1.95. The van der Waals surface area contributed by atoms with Crippen molar-refractivity contribution >= 4 is 33.1 Å². The quantitative estimate of drug-likeness (QED) is 0.334. The molecule has 5 heteroatoms. The van der Waals surface area contributed by atoms with Gasteiger partial charge in [0.05, 0.1) is 22.2 Å². The molecule has 2 aliphatic rings. The minimum atomic E-state index is -0.0976. The Hall–Kier alpha value is -3.05. The van der Waals surface area contributed by atoms with Crippen LogP contribution in [0.15, 0.2) is 69.5 Å². The van der Waals surface area contributed by atoms with E-state index in [1.165, 1.54) is 11.3 Å². The second-order valence-corrected chi connectivity index (χ2v) is 6.40. The molecule has 0 unspecified atom stereocenters.